The first-order valence-electron chi connectivity index (χ1n) is 9.34. The second kappa shape index (κ2) is 6.03. The second-order valence-corrected chi connectivity index (χ2v) is 8.52. The Balaban J connectivity index is 1.66. The summed E-state index contributed by atoms with van der Waals surface area (Å²) >= 11 is 0. The van der Waals surface area contributed by atoms with E-state index in [2.05, 4.69) is 51.9 Å². The van der Waals surface area contributed by atoms with Crippen LogP contribution in [0.2, 0.25) is 0 Å². The molecule has 5 nitrogen and oxygen atoms in total. The van der Waals surface area contributed by atoms with E-state index in [4.69, 9.17) is 0 Å². The van der Waals surface area contributed by atoms with E-state index in [0.717, 1.165) is 24.6 Å². The van der Waals surface area contributed by atoms with Crippen LogP contribution in [0.15, 0.2) is 12.4 Å². The van der Waals surface area contributed by atoms with Crippen LogP contribution < -0.4 is 0 Å². The molecule has 2 aliphatic rings. The van der Waals surface area contributed by atoms with Crippen molar-refractivity contribution in [3.8, 4) is 0 Å². The lowest BCUT2D eigenvalue weighted by Gasteiger charge is -2.35. The third-order valence-corrected chi connectivity index (χ3v) is 5.65. The number of imidazole rings is 1. The minimum absolute atomic E-state index is 0.0636. The van der Waals surface area contributed by atoms with Gasteiger partial charge in [-0.1, -0.05) is 33.6 Å². The summed E-state index contributed by atoms with van der Waals surface area (Å²) in [7, 11) is 0. The molecule has 2 aromatic rings. The molecule has 0 unspecified atom stereocenters. The highest BCUT2D eigenvalue weighted by Crippen LogP contribution is 2.36. The SMILES string of the molecule is CC(C)(C)c1cc([C@H]2c3nc[nH]c3CCN2CC2CCCC2)[nH]n1. The van der Waals surface area contributed by atoms with Crippen molar-refractivity contribution >= 4 is 0 Å². The Morgan fingerprint density at radius 1 is 1.25 bits per heavy atom. The van der Waals surface area contributed by atoms with E-state index in [1.165, 1.54) is 49.3 Å². The van der Waals surface area contributed by atoms with Crippen molar-refractivity contribution in [3.63, 3.8) is 0 Å². The van der Waals surface area contributed by atoms with Gasteiger partial charge in [-0.05, 0) is 24.8 Å². The topological polar surface area (TPSA) is 60.6 Å². The number of nitrogens with one attached hydrogen (secondary N) is 2. The molecule has 1 fully saturated rings. The summed E-state index contributed by atoms with van der Waals surface area (Å²) in [6.07, 6.45) is 8.47. The summed E-state index contributed by atoms with van der Waals surface area (Å²) in [6.45, 7) is 8.92. The van der Waals surface area contributed by atoms with Crippen LogP contribution >= 0.6 is 0 Å². The molecular weight excluding hydrogens is 298 g/mol. The highest BCUT2D eigenvalue weighted by Gasteiger charge is 2.34. The second-order valence-electron chi connectivity index (χ2n) is 8.52. The molecule has 1 atom stereocenters. The summed E-state index contributed by atoms with van der Waals surface area (Å²) in [5.41, 5.74) is 4.85. The molecule has 0 amide bonds. The molecule has 1 saturated carbocycles. The molecule has 3 heterocycles. The van der Waals surface area contributed by atoms with Crippen molar-refractivity contribution in [2.24, 2.45) is 5.92 Å². The monoisotopic (exact) mass is 327 g/mol. The van der Waals surface area contributed by atoms with E-state index in [1.54, 1.807) is 0 Å². The minimum Gasteiger partial charge on any atom is -0.348 e. The van der Waals surface area contributed by atoms with Crippen LogP contribution in [0.25, 0.3) is 0 Å². The fraction of sp³-hybridized carbons (Fsp3) is 0.684. The number of rotatable bonds is 3. The molecule has 130 valence electrons. The van der Waals surface area contributed by atoms with Crippen LogP contribution in [-0.4, -0.2) is 38.2 Å². The van der Waals surface area contributed by atoms with E-state index in [9.17, 15) is 0 Å². The summed E-state index contributed by atoms with van der Waals surface area (Å²) in [5, 5.41) is 7.92. The predicted molar refractivity (Wildman–Crippen MR) is 95.0 cm³/mol. The van der Waals surface area contributed by atoms with Crippen molar-refractivity contribution in [1.29, 1.82) is 0 Å². The first-order valence-corrected chi connectivity index (χ1v) is 9.34. The first-order chi connectivity index (χ1) is 11.5. The summed E-state index contributed by atoms with van der Waals surface area (Å²) in [6, 6.07) is 2.46. The molecule has 1 aliphatic heterocycles. The number of fused-ring (bicyclic) bond motifs is 1. The van der Waals surface area contributed by atoms with E-state index in [0.29, 0.717) is 0 Å². The smallest absolute Gasteiger partial charge is 0.0962 e. The average Bonchev–Trinajstić information content (AvgIpc) is 3.27. The zero-order valence-corrected chi connectivity index (χ0v) is 15.1. The fourth-order valence-corrected chi connectivity index (χ4v) is 4.25. The third-order valence-electron chi connectivity index (χ3n) is 5.65. The van der Waals surface area contributed by atoms with Gasteiger partial charge >= 0.3 is 0 Å². The summed E-state index contributed by atoms with van der Waals surface area (Å²) < 4.78 is 0. The molecule has 5 heteroatoms. The minimum atomic E-state index is 0.0636. The zero-order chi connectivity index (χ0) is 16.7. The largest absolute Gasteiger partial charge is 0.348 e. The van der Waals surface area contributed by atoms with Crippen LogP contribution in [0.3, 0.4) is 0 Å². The molecular formula is C19H29N5. The van der Waals surface area contributed by atoms with Gasteiger partial charge in [0.15, 0.2) is 0 Å². The van der Waals surface area contributed by atoms with Gasteiger partial charge in [-0.3, -0.25) is 10.00 Å². The Morgan fingerprint density at radius 2 is 2.04 bits per heavy atom. The number of H-pyrrole nitrogens is 2. The Labute approximate surface area is 144 Å². The maximum atomic E-state index is 4.67. The lowest BCUT2D eigenvalue weighted by Crippen LogP contribution is -2.39. The maximum absolute atomic E-state index is 4.67. The number of nitrogens with zero attached hydrogens (tertiary/aromatic N) is 3. The van der Waals surface area contributed by atoms with E-state index < -0.39 is 0 Å². The van der Waals surface area contributed by atoms with Crippen molar-refractivity contribution < 1.29 is 0 Å². The highest BCUT2D eigenvalue weighted by molar-refractivity contribution is 5.30. The van der Waals surface area contributed by atoms with Gasteiger partial charge in [0.1, 0.15) is 0 Å². The molecule has 1 aliphatic carbocycles. The van der Waals surface area contributed by atoms with Crippen LogP contribution in [-0.2, 0) is 11.8 Å². The molecule has 0 bridgehead atoms. The van der Waals surface area contributed by atoms with Crippen LogP contribution in [0.4, 0.5) is 0 Å². The van der Waals surface area contributed by atoms with Crippen molar-refractivity contribution in [3.05, 3.63) is 35.2 Å². The van der Waals surface area contributed by atoms with Gasteiger partial charge in [0, 0.05) is 30.6 Å². The Hall–Kier alpha value is -1.62. The number of aromatic nitrogens is 4. The van der Waals surface area contributed by atoms with Crippen LogP contribution in [0.1, 0.15) is 75.3 Å². The van der Waals surface area contributed by atoms with E-state index in [-0.39, 0.29) is 11.5 Å². The molecule has 0 spiro atoms. The van der Waals surface area contributed by atoms with E-state index in [1.807, 2.05) is 6.33 Å². The molecule has 0 radical (unpaired) electrons. The van der Waals surface area contributed by atoms with Crippen molar-refractivity contribution in [1.82, 2.24) is 25.1 Å². The lowest BCUT2D eigenvalue weighted by molar-refractivity contribution is 0.174. The van der Waals surface area contributed by atoms with Crippen molar-refractivity contribution in [2.75, 3.05) is 13.1 Å². The number of aromatic amines is 2. The lowest BCUT2D eigenvalue weighted by atomic mass is 9.91. The van der Waals surface area contributed by atoms with Gasteiger partial charge < -0.3 is 4.98 Å². The van der Waals surface area contributed by atoms with Crippen LogP contribution in [0, 0.1) is 5.92 Å². The molecule has 2 aromatic heterocycles. The van der Waals surface area contributed by atoms with Crippen LogP contribution in [0.5, 0.6) is 0 Å². The van der Waals surface area contributed by atoms with Gasteiger partial charge in [0.25, 0.3) is 0 Å². The summed E-state index contributed by atoms with van der Waals surface area (Å²) in [5.74, 6) is 0.845. The van der Waals surface area contributed by atoms with E-state index >= 15 is 0 Å². The zero-order valence-electron chi connectivity index (χ0n) is 15.1. The molecule has 4 rings (SSSR count). The van der Waals surface area contributed by atoms with Gasteiger partial charge in [-0.15, -0.1) is 0 Å². The molecule has 0 aromatic carbocycles. The Bertz CT molecular complexity index is 687. The van der Waals surface area contributed by atoms with Gasteiger partial charge in [0.05, 0.1) is 29.5 Å². The van der Waals surface area contributed by atoms with Gasteiger partial charge in [-0.25, -0.2) is 4.98 Å². The molecule has 0 saturated heterocycles. The summed E-state index contributed by atoms with van der Waals surface area (Å²) in [4.78, 5) is 10.6. The first kappa shape index (κ1) is 15.9. The Kier molecular flexibility index (Phi) is 3.99. The highest BCUT2D eigenvalue weighted by atomic mass is 15.2. The number of hydrogen-bond donors (Lipinski definition) is 2. The standard InChI is InChI=1S/C19H29N5/c1-19(2,3)16-10-15(22-23-16)18-17-14(20-12-21-17)8-9-24(18)11-13-6-4-5-7-13/h10,12-13,18H,4-9,11H2,1-3H3,(H,20,21)(H,22,23)/t18-/m0/s1. The maximum Gasteiger partial charge on any atom is 0.0962 e. The number of hydrogen-bond acceptors (Lipinski definition) is 3. The quantitative estimate of drug-likeness (QED) is 0.906. The fourth-order valence-electron chi connectivity index (χ4n) is 4.25. The third kappa shape index (κ3) is 2.90. The van der Waals surface area contributed by atoms with Gasteiger partial charge in [0.2, 0.25) is 0 Å². The molecule has 2 N–H and O–H groups in total. The normalized spacial score (nSPS) is 22.9. The van der Waals surface area contributed by atoms with Gasteiger partial charge in [-0.2, -0.15) is 5.10 Å². The molecule has 24 heavy (non-hydrogen) atoms. The van der Waals surface area contributed by atoms with Crippen molar-refractivity contribution in [2.45, 2.75) is 64.3 Å². The predicted octanol–water partition coefficient (Wildman–Crippen LogP) is 3.57. The Morgan fingerprint density at radius 3 is 2.75 bits per heavy atom. The average molecular weight is 327 g/mol.